The van der Waals surface area contributed by atoms with Crippen molar-refractivity contribution >= 4 is 18.3 Å². The van der Waals surface area contributed by atoms with Crippen LogP contribution in [0.3, 0.4) is 0 Å². The van der Waals surface area contributed by atoms with E-state index in [0.717, 1.165) is 25.9 Å². The van der Waals surface area contributed by atoms with Crippen LogP contribution in [0, 0.1) is 5.92 Å². The van der Waals surface area contributed by atoms with E-state index in [2.05, 4.69) is 5.32 Å². The van der Waals surface area contributed by atoms with Gasteiger partial charge in [-0.1, -0.05) is 25.7 Å². The number of hydrogen-bond acceptors (Lipinski definition) is 2. The Morgan fingerprint density at radius 2 is 1.69 bits per heavy atom. The minimum Gasteiger partial charge on any atom is -0.340 e. The molecule has 1 N–H and O–H groups in total. The number of hydrogen-bond donors (Lipinski definition) is 1. The van der Waals surface area contributed by atoms with Crippen molar-refractivity contribution in [1.29, 1.82) is 0 Å². The minimum absolute atomic E-state index is 0. The molecular weight excluding hydrogens is 224 g/mol. The summed E-state index contributed by atoms with van der Waals surface area (Å²) in [6.45, 7) is 1.96. The van der Waals surface area contributed by atoms with E-state index in [4.69, 9.17) is 0 Å². The minimum atomic E-state index is 0. The lowest BCUT2D eigenvalue weighted by atomic mass is 9.97. The van der Waals surface area contributed by atoms with Gasteiger partial charge in [-0.05, 0) is 12.8 Å². The zero-order chi connectivity index (χ0) is 10.7. The molecule has 1 aliphatic heterocycles. The second-order valence-corrected chi connectivity index (χ2v) is 4.95. The quantitative estimate of drug-likeness (QED) is 0.754. The topological polar surface area (TPSA) is 32.3 Å². The first-order chi connectivity index (χ1) is 7.29. The lowest BCUT2D eigenvalue weighted by Gasteiger charge is -2.37. The van der Waals surface area contributed by atoms with Crippen LogP contribution in [0.1, 0.15) is 38.5 Å². The van der Waals surface area contributed by atoms with Crippen LogP contribution in [0.15, 0.2) is 0 Å². The summed E-state index contributed by atoms with van der Waals surface area (Å²) in [6.07, 6.45) is 7.35. The average Bonchev–Trinajstić information content (AvgIpc) is 2.41. The first-order valence-electron chi connectivity index (χ1n) is 6.26. The summed E-state index contributed by atoms with van der Waals surface area (Å²) >= 11 is 0. The van der Waals surface area contributed by atoms with Crippen molar-refractivity contribution in [2.24, 2.45) is 5.92 Å². The fraction of sp³-hybridized carbons (Fsp3) is 0.917. The van der Waals surface area contributed by atoms with Gasteiger partial charge in [0.15, 0.2) is 0 Å². The smallest absolute Gasteiger partial charge is 0.225 e. The third-order valence-corrected chi connectivity index (χ3v) is 3.86. The number of nitrogens with one attached hydrogen (secondary N) is 1. The maximum absolute atomic E-state index is 12.2. The van der Waals surface area contributed by atoms with Crippen LogP contribution in [-0.4, -0.2) is 37.0 Å². The van der Waals surface area contributed by atoms with E-state index >= 15 is 0 Å². The van der Waals surface area contributed by atoms with E-state index in [1.807, 2.05) is 11.9 Å². The Morgan fingerprint density at radius 3 is 2.12 bits per heavy atom. The summed E-state index contributed by atoms with van der Waals surface area (Å²) in [4.78, 5) is 14.2. The fourth-order valence-electron chi connectivity index (χ4n) is 2.54. The lowest BCUT2D eigenvalue weighted by Crippen LogP contribution is -2.58. The Kier molecular flexibility index (Phi) is 5.56. The number of rotatable bonds is 2. The highest BCUT2D eigenvalue weighted by atomic mass is 35.5. The Morgan fingerprint density at radius 1 is 1.12 bits per heavy atom. The summed E-state index contributed by atoms with van der Waals surface area (Å²) in [5.74, 6) is 0.710. The van der Waals surface area contributed by atoms with Crippen molar-refractivity contribution < 1.29 is 4.79 Å². The van der Waals surface area contributed by atoms with E-state index < -0.39 is 0 Å². The molecule has 1 saturated carbocycles. The number of carbonyl (C=O) groups excluding carboxylic acids is 1. The first-order valence-corrected chi connectivity index (χ1v) is 6.26. The van der Waals surface area contributed by atoms with Gasteiger partial charge >= 0.3 is 0 Å². The Balaban J connectivity index is 0.00000128. The zero-order valence-electron chi connectivity index (χ0n) is 10.1. The monoisotopic (exact) mass is 246 g/mol. The highest BCUT2D eigenvalue weighted by Gasteiger charge is 2.30. The van der Waals surface area contributed by atoms with Gasteiger partial charge in [-0.25, -0.2) is 0 Å². The van der Waals surface area contributed by atoms with Crippen LogP contribution < -0.4 is 5.32 Å². The van der Waals surface area contributed by atoms with Crippen LogP contribution in [0.4, 0.5) is 0 Å². The Labute approximate surface area is 104 Å². The predicted octanol–water partition coefficient (Wildman–Crippen LogP) is 1.81. The van der Waals surface area contributed by atoms with Crippen molar-refractivity contribution in [3.05, 3.63) is 0 Å². The highest BCUT2D eigenvalue weighted by molar-refractivity contribution is 5.85. The van der Waals surface area contributed by atoms with E-state index in [-0.39, 0.29) is 12.4 Å². The van der Waals surface area contributed by atoms with Gasteiger partial charge in [-0.3, -0.25) is 4.79 Å². The van der Waals surface area contributed by atoms with Crippen molar-refractivity contribution in [2.45, 2.75) is 44.6 Å². The predicted molar refractivity (Wildman–Crippen MR) is 67.9 cm³/mol. The third-order valence-electron chi connectivity index (χ3n) is 3.86. The van der Waals surface area contributed by atoms with Crippen LogP contribution in [0.5, 0.6) is 0 Å². The van der Waals surface area contributed by atoms with Gasteiger partial charge in [0.05, 0.1) is 6.04 Å². The molecule has 0 aromatic carbocycles. The molecule has 2 fully saturated rings. The van der Waals surface area contributed by atoms with Gasteiger partial charge in [-0.2, -0.15) is 0 Å². The van der Waals surface area contributed by atoms with Crippen LogP contribution >= 0.6 is 12.4 Å². The fourth-order valence-corrected chi connectivity index (χ4v) is 2.54. The summed E-state index contributed by atoms with van der Waals surface area (Å²) in [6, 6.07) is 0.459. The second-order valence-electron chi connectivity index (χ2n) is 4.95. The number of carbonyl (C=O) groups is 1. The molecule has 1 amide bonds. The normalized spacial score (nSPS) is 22.8. The van der Waals surface area contributed by atoms with Crippen LogP contribution in [0.2, 0.25) is 0 Å². The average molecular weight is 247 g/mol. The SMILES string of the molecule is CN(C(=O)C1CCCCCC1)C1CNC1.Cl. The van der Waals surface area contributed by atoms with Gasteiger partial charge in [0.1, 0.15) is 0 Å². The molecule has 0 aromatic rings. The molecule has 94 valence electrons. The molecule has 1 heterocycles. The third kappa shape index (κ3) is 3.11. The van der Waals surface area contributed by atoms with Crippen molar-refractivity contribution in [3.63, 3.8) is 0 Å². The summed E-state index contributed by atoms with van der Waals surface area (Å²) in [5.41, 5.74) is 0. The molecule has 2 aliphatic rings. The molecule has 4 heteroatoms. The molecular formula is C12H23ClN2O. The van der Waals surface area contributed by atoms with Crippen molar-refractivity contribution in [1.82, 2.24) is 10.2 Å². The van der Waals surface area contributed by atoms with Gasteiger partial charge in [-0.15, -0.1) is 12.4 Å². The molecule has 0 aromatic heterocycles. The zero-order valence-corrected chi connectivity index (χ0v) is 10.9. The second kappa shape index (κ2) is 6.45. The molecule has 0 radical (unpaired) electrons. The number of amides is 1. The lowest BCUT2D eigenvalue weighted by molar-refractivity contribution is -0.137. The van der Waals surface area contributed by atoms with E-state index in [1.165, 1.54) is 25.7 Å². The molecule has 3 nitrogen and oxygen atoms in total. The number of nitrogens with zero attached hydrogens (tertiary/aromatic N) is 1. The molecule has 1 aliphatic carbocycles. The molecule has 0 unspecified atom stereocenters. The van der Waals surface area contributed by atoms with Gasteiger partial charge < -0.3 is 10.2 Å². The molecule has 1 saturated heterocycles. The Hall–Kier alpha value is -0.280. The van der Waals surface area contributed by atoms with E-state index in [0.29, 0.717) is 17.9 Å². The number of halogens is 1. The molecule has 0 atom stereocenters. The largest absolute Gasteiger partial charge is 0.340 e. The van der Waals surface area contributed by atoms with Gasteiger partial charge in [0.2, 0.25) is 5.91 Å². The summed E-state index contributed by atoms with van der Waals surface area (Å²) < 4.78 is 0. The van der Waals surface area contributed by atoms with E-state index in [1.54, 1.807) is 0 Å². The van der Waals surface area contributed by atoms with Crippen molar-refractivity contribution in [3.8, 4) is 0 Å². The summed E-state index contributed by atoms with van der Waals surface area (Å²) in [7, 11) is 1.97. The molecule has 2 rings (SSSR count). The van der Waals surface area contributed by atoms with Crippen LogP contribution in [0.25, 0.3) is 0 Å². The highest BCUT2D eigenvalue weighted by Crippen LogP contribution is 2.25. The molecule has 16 heavy (non-hydrogen) atoms. The van der Waals surface area contributed by atoms with Crippen LogP contribution in [-0.2, 0) is 4.79 Å². The maximum Gasteiger partial charge on any atom is 0.225 e. The van der Waals surface area contributed by atoms with E-state index in [9.17, 15) is 4.79 Å². The molecule has 0 bridgehead atoms. The Bertz CT molecular complexity index is 223. The maximum atomic E-state index is 12.2. The number of likely N-dealkylation sites (N-methyl/N-ethyl adjacent to an activating group) is 1. The van der Waals surface area contributed by atoms with Crippen molar-refractivity contribution in [2.75, 3.05) is 20.1 Å². The summed E-state index contributed by atoms with van der Waals surface area (Å²) in [5, 5.41) is 3.22. The molecule has 0 spiro atoms. The van der Waals surface area contributed by atoms with Gasteiger partial charge in [0, 0.05) is 26.1 Å². The standard InChI is InChI=1S/C12H22N2O.ClH/c1-14(11-8-13-9-11)12(15)10-6-4-2-3-5-7-10;/h10-11,13H,2-9H2,1H3;1H. The van der Waals surface area contributed by atoms with Gasteiger partial charge in [0.25, 0.3) is 0 Å². The first kappa shape index (κ1) is 13.8.